The number of likely N-dealkylation sites (N-methyl/N-ethyl adjacent to an activating group) is 1. The van der Waals surface area contributed by atoms with Crippen molar-refractivity contribution in [3.8, 4) is 0 Å². The minimum Gasteiger partial charge on any atom is -0.363 e. The van der Waals surface area contributed by atoms with Gasteiger partial charge in [0.2, 0.25) is 5.91 Å². The Bertz CT molecular complexity index is 938. The molecule has 3 heteroatoms. The van der Waals surface area contributed by atoms with Gasteiger partial charge in [-0.25, -0.2) is 0 Å². The van der Waals surface area contributed by atoms with Crippen molar-refractivity contribution >= 4 is 28.1 Å². The second-order valence-corrected chi connectivity index (χ2v) is 7.08. The lowest BCUT2D eigenvalue weighted by atomic mass is 10.0. The van der Waals surface area contributed by atoms with Crippen LogP contribution in [0.3, 0.4) is 0 Å². The van der Waals surface area contributed by atoms with E-state index in [9.17, 15) is 4.79 Å². The first-order valence-electron chi connectivity index (χ1n) is 8.97. The van der Waals surface area contributed by atoms with Crippen LogP contribution in [0.25, 0.3) is 10.8 Å². The average Bonchev–Trinajstić information content (AvgIpc) is 2.62. The van der Waals surface area contributed by atoms with Gasteiger partial charge in [0.15, 0.2) is 0 Å². The molecule has 0 saturated heterocycles. The maximum absolute atomic E-state index is 12.8. The Labute approximate surface area is 155 Å². The van der Waals surface area contributed by atoms with Crippen LogP contribution in [-0.2, 0) is 4.79 Å². The number of carbonyl (C=O) groups excluding carboxylic acids is 1. The molecule has 0 saturated carbocycles. The molecule has 0 aromatic heterocycles. The van der Waals surface area contributed by atoms with Crippen molar-refractivity contribution in [2.45, 2.75) is 33.7 Å². The first kappa shape index (κ1) is 18.0. The minimum atomic E-state index is -0.281. The summed E-state index contributed by atoms with van der Waals surface area (Å²) >= 11 is 0. The Hall–Kier alpha value is -2.81. The van der Waals surface area contributed by atoms with Crippen LogP contribution < -0.4 is 10.2 Å². The van der Waals surface area contributed by atoms with Crippen LogP contribution in [0.15, 0.2) is 54.6 Å². The monoisotopic (exact) mass is 346 g/mol. The molecule has 0 spiro atoms. The largest absolute Gasteiger partial charge is 0.363 e. The van der Waals surface area contributed by atoms with Crippen molar-refractivity contribution in [3.63, 3.8) is 0 Å². The smallest absolute Gasteiger partial charge is 0.246 e. The summed E-state index contributed by atoms with van der Waals surface area (Å²) in [5.74, 6) is -0.00397. The molecule has 0 unspecified atom stereocenters. The van der Waals surface area contributed by atoms with Crippen LogP contribution in [0.4, 0.5) is 11.4 Å². The number of nitrogens with one attached hydrogen (secondary N) is 1. The van der Waals surface area contributed by atoms with Crippen molar-refractivity contribution in [1.82, 2.24) is 0 Å². The Balaban J connectivity index is 1.81. The van der Waals surface area contributed by atoms with E-state index in [2.05, 4.69) is 54.7 Å². The van der Waals surface area contributed by atoms with E-state index in [0.29, 0.717) is 0 Å². The minimum absolute atomic E-state index is 0.00397. The molecule has 0 aliphatic rings. The zero-order valence-corrected chi connectivity index (χ0v) is 16.1. The Kier molecular flexibility index (Phi) is 4.99. The second-order valence-electron chi connectivity index (χ2n) is 7.08. The van der Waals surface area contributed by atoms with Crippen molar-refractivity contribution in [1.29, 1.82) is 0 Å². The summed E-state index contributed by atoms with van der Waals surface area (Å²) < 4.78 is 0. The van der Waals surface area contributed by atoms with Gasteiger partial charge in [-0.3, -0.25) is 4.79 Å². The predicted molar refractivity (Wildman–Crippen MR) is 111 cm³/mol. The highest BCUT2D eigenvalue weighted by Crippen LogP contribution is 2.25. The molecule has 26 heavy (non-hydrogen) atoms. The average molecular weight is 346 g/mol. The summed E-state index contributed by atoms with van der Waals surface area (Å²) in [6.07, 6.45) is 0. The molecule has 1 N–H and O–H groups in total. The van der Waals surface area contributed by atoms with E-state index in [1.54, 1.807) is 0 Å². The first-order valence-corrected chi connectivity index (χ1v) is 8.97. The third kappa shape index (κ3) is 3.57. The highest BCUT2D eigenvalue weighted by Gasteiger charge is 2.20. The van der Waals surface area contributed by atoms with Crippen molar-refractivity contribution in [3.05, 3.63) is 71.3 Å². The van der Waals surface area contributed by atoms with E-state index in [-0.39, 0.29) is 11.9 Å². The molecule has 0 aliphatic heterocycles. The van der Waals surface area contributed by atoms with Gasteiger partial charge in [-0.1, -0.05) is 48.0 Å². The second kappa shape index (κ2) is 7.20. The standard InChI is InChI=1S/C23H26N2O/c1-15-12-16(2)22(17(3)13-15)24-23(26)18(4)25(5)21-11-10-19-8-6-7-9-20(19)14-21/h6-14,18H,1-5H3,(H,24,26)/t18-/m0/s1. The number of rotatable bonds is 4. The molecule has 1 atom stereocenters. The molecule has 3 nitrogen and oxygen atoms in total. The molecule has 0 aliphatic carbocycles. The third-order valence-electron chi connectivity index (χ3n) is 5.03. The van der Waals surface area contributed by atoms with E-state index in [1.807, 2.05) is 44.9 Å². The summed E-state index contributed by atoms with van der Waals surface area (Å²) in [4.78, 5) is 14.8. The number of benzene rings is 3. The molecule has 0 bridgehead atoms. The fourth-order valence-electron chi connectivity index (χ4n) is 3.40. The highest BCUT2D eigenvalue weighted by atomic mass is 16.2. The van der Waals surface area contributed by atoms with Crippen LogP contribution in [0.1, 0.15) is 23.6 Å². The lowest BCUT2D eigenvalue weighted by Gasteiger charge is -2.27. The van der Waals surface area contributed by atoms with Gasteiger partial charge < -0.3 is 10.2 Å². The van der Waals surface area contributed by atoms with Gasteiger partial charge in [-0.05, 0) is 61.7 Å². The lowest BCUT2D eigenvalue weighted by molar-refractivity contribution is -0.117. The van der Waals surface area contributed by atoms with Gasteiger partial charge in [0.1, 0.15) is 6.04 Å². The topological polar surface area (TPSA) is 32.3 Å². The van der Waals surface area contributed by atoms with Gasteiger partial charge in [0.05, 0.1) is 0 Å². The number of anilines is 2. The zero-order valence-electron chi connectivity index (χ0n) is 16.1. The molecular weight excluding hydrogens is 320 g/mol. The van der Waals surface area contributed by atoms with Crippen molar-refractivity contribution < 1.29 is 4.79 Å². The van der Waals surface area contributed by atoms with Crippen LogP contribution in [0.2, 0.25) is 0 Å². The van der Waals surface area contributed by atoms with Crippen LogP contribution in [0, 0.1) is 20.8 Å². The Morgan fingerprint density at radius 3 is 2.19 bits per heavy atom. The Morgan fingerprint density at radius 2 is 1.54 bits per heavy atom. The number of fused-ring (bicyclic) bond motifs is 1. The number of hydrogen-bond donors (Lipinski definition) is 1. The summed E-state index contributed by atoms with van der Waals surface area (Å²) in [7, 11) is 1.96. The summed E-state index contributed by atoms with van der Waals surface area (Å²) in [6.45, 7) is 8.08. The van der Waals surface area contributed by atoms with Crippen LogP contribution in [-0.4, -0.2) is 19.0 Å². The van der Waals surface area contributed by atoms with Gasteiger partial charge in [0.25, 0.3) is 0 Å². The van der Waals surface area contributed by atoms with E-state index in [4.69, 9.17) is 0 Å². The SMILES string of the molecule is Cc1cc(C)c(NC(=O)[C@H](C)N(C)c2ccc3ccccc3c2)c(C)c1. The van der Waals surface area contributed by atoms with E-state index < -0.39 is 0 Å². The molecule has 3 rings (SSSR count). The van der Waals surface area contributed by atoms with Gasteiger partial charge in [-0.15, -0.1) is 0 Å². The van der Waals surface area contributed by atoms with Gasteiger partial charge in [0, 0.05) is 18.4 Å². The first-order chi connectivity index (χ1) is 12.4. The number of carbonyl (C=O) groups is 1. The number of aryl methyl sites for hydroxylation is 3. The normalized spacial score (nSPS) is 12.0. The van der Waals surface area contributed by atoms with Crippen molar-refractivity contribution in [2.24, 2.45) is 0 Å². The highest BCUT2D eigenvalue weighted by molar-refractivity contribution is 5.98. The third-order valence-corrected chi connectivity index (χ3v) is 5.03. The molecule has 0 heterocycles. The number of amides is 1. The van der Waals surface area contributed by atoms with E-state index in [1.165, 1.54) is 16.3 Å². The Morgan fingerprint density at radius 1 is 0.923 bits per heavy atom. The van der Waals surface area contributed by atoms with E-state index >= 15 is 0 Å². The summed E-state index contributed by atoms with van der Waals surface area (Å²) in [5, 5.41) is 5.49. The van der Waals surface area contributed by atoms with Gasteiger partial charge >= 0.3 is 0 Å². The molecule has 134 valence electrons. The molecule has 0 radical (unpaired) electrons. The number of nitrogens with zero attached hydrogens (tertiary/aromatic N) is 1. The molecule has 3 aromatic carbocycles. The maximum Gasteiger partial charge on any atom is 0.246 e. The zero-order chi connectivity index (χ0) is 18.8. The fraction of sp³-hybridized carbons (Fsp3) is 0.261. The number of hydrogen-bond acceptors (Lipinski definition) is 2. The van der Waals surface area contributed by atoms with Crippen LogP contribution >= 0.6 is 0 Å². The summed E-state index contributed by atoms with van der Waals surface area (Å²) in [6, 6.07) is 18.5. The van der Waals surface area contributed by atoms with Crippen LogP contribution in [0.5, 0.6) is 0 Å². The van der Waals surface area contributed by atoms with Gasteiger partial charge in [-0.2, -0.15) is 0 Å². The molecule has 1 amide bonds. The molecule has 0 fully saturated rings. The maximum atomic E-state index is 12.8. The lowest BCUT2D eigenvalue weighted by Crippen LogP contribution is -2.39. The molecular formula is C23H26N2O. The van der Waals surface area contributed by atoms with Crippen molar-refractivity contribution in [2.75, 3.05) is 17.3 Å². The van der Waals surface area contributed by atoms with E-state index in [0.717, 1.165) is 22.5 Å². The quantitative estimate of drug-likeness (QED) is 0.702. The molecule has 3 aromatic rings. The summed E-state index contributed by atoms with van der Waals surface area (Å²) in [5.41, 5.74) is 5.34. The fourth-order valence-corrected chi connectivity index (χ4v) is 3.40. The predicted octanol–water partition coefficient (Wildman–Crippen LogP) is 5.23.